The molecular formula is C15H17NOS2. The fourth-order valence-corrected chi connectivity index (χ4v) is 2.95. The smallest absolute Gasteiger partial charge is 0.261 e. The van der Waals surface area contributed by atoms with Gasteiger partial charge in [0.2, 0.25) is 0 Å². The van der Waals surface area contributed by atoms with Gasteiger partial charge in [-0.15, -0.1) is 24.0 Å². The van der Waals surface area contributed by atoms with Crippen molar-refractivity contribution >= 4 is 29.9 Å². The molecule has 0 saturated carbocycles. The van der Waals surface area contributed by atoms with Gasteiger partial charge in [0.05, 0.1) is 4.88 Å². The van der Waals surface area contributed by atoms with Crippen molar-refractivity contribution in [1.82, 2.24) is 5.32 Å². The molecule has 1 atom stereocenters. The summed E-state index contributed by atoms with van der Waals surface area (Å²) < 4.78 is 0. The normalized spacial score (nSPS) is 12.1. The first-order valence-corrected chi connectivity index (χ1v) is 7.60. The average Bonchev–Trinajstić information content (AvgIpc) is 2.86. The average molecular weight is 291 g/mol. The van der Waals surface area contributed by atoms with E-state index in [1.807, 2.05) is 23.6 Å². The van der Waals surface area contributed by atoms with E-state index < -0.39 is 0 Å². The fraction of sp³-hybridized carbons (Fsp3) is 0.267. The number of carbonyl (C=O) groups excluding carboxylic acids is 1. The number of rotatable bonds is 5. The number of thiol groups is 1. The molecule has 2 nitrogen and oxygen atoms in total. The van der Waals surface area contributed by atoms with Crippen LogP contribution in [0.3, 0.4) is 0 Å². The van der Waals surface area contributed by atoms with Crippen LogP contribution in [-0.4, -0.2) is 12.5 Å². The van der Waals surface area contributed by atoms with E-state index in [0.29, 0.717) is 12.5 Å². The summed E-state index contributed by atoms with van der Waals surface area (Å²) in [7, 11) is 0. The van der Waals surface area contributed by atoms with Gasteiger partial charge in [0.1, 0.15) is 0 Å². The van der Waals surface area contributed by atoms with Gasteiger partial charge in [-0.05, 0) is 24.0 Å². The van der Waals surface area contributed by atoms with E-state index in [2.05, 4.69) is 37.0 Å². The molecule has 2 aromatic rings. The van der Waals surface area contributed by atoms with Crippen LogP contribution in [0.2, 0.25) is 0 Å². The highest BCUT2D eigenvalue weighted by molar-refractivity contribution is 7.80. The van der Waals surface area contributed by atoms with Crippen LogP contribution in [0, 0.1) is 0 Å². The molecule has 1 amide bonds. The Hall–Kier alpha value is -1.26. The summed E-state index contributed by atoms with van der Waals surface area (Å²) in [6, 6.07) is 12.2. The van der Waals surface area contributed by atoms with Crippen LogP contribution in [0.15, 0.2) is 46.7 Å². The van der Waals surface area contributed by atoms with Gasteiger partial charge in [0, 0.05) is 16.8 Å². The number of nitrogens with one attached hydrogen (secondary N) is 1. The Kier molecular flexibility index (Phi) is 5.05. The van der Waals surface area contributed by atoms with Crippen molar-refractivity contribution in [2.75, 3.05) is 6.54 Å². The number of thiophene rings is 1. The molecule has 1 heterocycles. The molecule has 4 heteroatoms. The molecule has 0 spiro atoms. The number of carbonyl (C=O) groups is 1. The van der Waals surface area contributed by atoms with Crippen LogP contribution >= 0.6 is 24.0 Å². The molecule has 0 fully saturated rings. The highest BCUT2D eigenvalue weighted by atomic mass is 32.1. The SMILES string of the molecule is CC(CCNC(=O)c1cc(S)cs1)c1ccccc1. The predicted octanol–water partition coefficient (Wildman–Crippen LogP) is 3.96. The lowest BCUT2D eigenvalue weighted by atomic mass is 9.98. The first kappa shape index (κ1) is 14.2. The standard InChI is InChI=1S/C15H17NOS2/c1-11(12-5-3-2-4-6-12)7-8-16-15(17)14-9-13(18)10-19-14/h2-6,9-11,18H,7-8H2,1H3,(H,16,17). The van der Waals surface area contributed by atoms with Gasteiger partial charge in [0.15, 0.2) is 0 Å². The van der Waals surface area contributed by atoms with E-state index in [9.17, 15) is 4.79 Å². The van der Waals surface area contributed by atoms with Crippen LogP contribution in [0.4, 0.5) is 0 Å². The molecule has 0 aliphatic carbocycles. The molecule has 0 saturated heterocycles. The first-order valence-electron chi connectivity index (χ1n) is 6.27. The maximum Gasteiger partial charge on any atom is 0.261 e. The van der Waals surface area contributed by atoms with Crippen LogP contribution in [-0.2, 0) is 0 Å². The van der Waals surface area contributed by atoms with Crippen LogP contribution in [0.1, 0.15) is 34.5 Å². The van der Waals surface area contributed by atoms with Crippen LogP contribution < -0.4 is 5.32 Å². The van der Waals surface area contributed by atoms with Crippen molar-refractivity contribution in [1.29, 1.82) is 0 Å². The van der Waals surface area contributed by atoms with Crippen molar-refractivity contribution in [3.05, 3.63) is 52.2 Å². The zero-order valence-corrected chi connectivity index (χ0v) is 12.5. The first-order chi connectivity index (χ1) is 9.16. The second-order valence-electron chi connectivity index (χ2n) is 4.53. The van der Waals surface area contributed by atoms with E-state index >= 15 is 0 Å². The maximum absolute atomic E-state index is 11.8. The van der Waals surface area contributed by atoms with E-state index in [-0.39, 0.29) is 5.91 Å². The molecule has 1 N–H and O–H groups in total. The Balaban J connectivity index is 1.79. The Morgan fingerprint density at radius 1 is 1.37 bits per heavy atom. The largest absolute Gasteiger partial charge is 0.351 e. The molecule has 0 radical (unpaired) electrons. The maximum atomic E-state index is 11.8. The zero-order chi connectivity index (χ0) is 13.7. The second kappa shape index (κ2) is 6.78. The van der Waals surface area contributed by atoms with Gasteiger partial charge >= 0.3 is 0 Å². The fourth-order valence-electron chi connectivity index (χ4n) is 1.88. The van der Waals surface area contributed by atoms with Gasteiger partial charge in [-0.25, -0.2) is 0 Å². The molecule has 1 unspecified atom stereocenters. The lowest BCUT2D eigenvalue weighted by molar-refractivity contribution is 0.0956. The molecule has 1 aromatic heterocycles. The summed E-state index contributed by atoms with van der Waals surface area (Å²) in [5.74, 6) is 0.441. The summed E-state index contributed by atoms with van der Waals surface area (Å²) in [6.45, 7) is 2.87. The third kappa shape index (κ3) is 4.11. The van der Waals surface area contributed by atoms with Gasteiger partial charge in [-0.3, -0.25) is 4.79 Å². The van der Waals surface area contributed by atoms with Gasteiger partial charge in [-0.1, -0.05) is 37.3 Å². The number of hydrogen-bond donors (Lipinski definition) is 2. The molecule has 19 heavy (non-hydrogen) atoms. The number of hydrogen-bond acceptors (Lipinski definition) is 3. The topological polar surface area (TPSA) is 29.1 Å². The summed E-state index contributed by atoms with van der Waals surface area (Å²) in [5, 5.41) is 4.82. The van der Waals surface area contributed by atoms with E-state index in [0.717, 1.165) is 16.2 Å². The minimum atomic E-state index is -0.00874. The molecule has 0 aliphatic heterocycles. The number of amides is 1. The molecule has 1 aromatic carbocycles. The summed E-state index contributed by atoms with van der Waals surface area (Å²) in [4.78, 5) is 13.4. The summed E-state index contributed by atoms with van der Waals surface area (Å²) in [5.41, 5.74) is 1.31. The molecular weight excluding hydrogens is 274 g/mol. The molecule has 2 rings (SSSR count). The van der Waals surface area contributed by atoms with Crippen LogP contribution in [0.5, 0.6) is 0 Å². The molecule has 0 aliphatic rings. The second-order valence-corrected chi connectivity index (χ2v) is 5.95. The van der Waals surface area contributed by atoms with E-state index in [1.54, 1.807) is 6.07 Å². The van der Waals surface area contributed by atoms with Crippen molar-refractivity contribution in [3.63, 3.8) is 0 Å². The zero-order valence-electron chi connectivity index (χ0n) is 10.8. The van der Waals surface area contributed by atoms with Gasteiger partial charge in [-0.2, -0.15) is 0 Å². The van der Waals surface area contributed by atoms with Crippen molar-refractivity contribution in [3.8, 4) is 0 Å². The van der Waals surface area contributed by atoms with Crippen molar-refractivity contribution in [2.24, 2.45) is 0 Å². The Labute approximate surface area is 123 Å². The third-order valence-corrected chi connectivity index (χ3v) is 4.40. The monoisotopic (exact) mass is 291 g/mol. The minimum absolute atomic E-state index is 0.00874. The Morgan fingerprint density at radius 2 is 2.11 bits per heavy atom. The molecule has 100 valence electrons. The van der Waals surface area contributed by atoms with E-state index in [4.69, 9.17) is 0 Å². The quantitative estimate of drug-likeness (QED) is 0.802. The Bertz CT molecular complexity index is 536. The summed E-state index contributed by atoms with van der Waals surface area (Å²) in [6.07, 6.45) is 0.939. The van der Waals surface area contributed by atoms with Gasteiger partial charge < -0.3 is 5.32 Å². The number of benzene rings is 1. The summed E-state index contributed by atoms with van der Waals surface area (Å²) >= 11 is 5.63. The highest BCUT2D eigenvalue weighted by Gasteiger charge is 2.09. The Morgan fingerprint density at radius 3 is 2.74 bits per heavy atom. The minimum Gasteiger partial charge on any atom is -0.351 e. The van der Waals surface area contributed by atoms with Crippen LogP contribution in [0.25, 0.3) is 0 Å². The third-order valence-electron chi connectivity index (χ3n) is 3.04. The van der Waals surface area contributed by atoms with Crippen molar-refractivity contribution in [2.45, 2.75) is 24.2 Å². The molecule has 0 bridgehead atoms. The van der Waals surface area contributed by atoms with Gasteiger partial charge in [0.25, 0.3) is 5.91 Å². The highest BCUT2D eigenvalue weighted by Crippen LogP contribution is 2.19. The van der Waals surface area contributed by atoms with Crippen molar-refractivity contribution < 1.29 is 4.79 Å². The van der Waals surface area contributed by atoms with E-state index in [1.165, 1.54) is 16.9 Å². The lowest BCUT2D eigenvalue weighted by Crippen LogP contribution is -2.24. The predicted molar refractivity (Wildman–Crippen MR) is 83.4 cm³/mol. The lowest BCUT2D eigenvalue weighted by Gasteiger charge is -2.12.